The van der Waals surface area contributed by atoms with E-state index in [4.69, 9.17) is 10.7 Å². The third-order valence-corrected chi connectivity index (χ3v) is 5.97. The highest BCUT2D eigenvalue weighted by Gasteiger charge is 2.45. The molecule has 21 heavy (non-hydrogen) atoms. The van der Waals surface area contributed by atoms with Crippen LogP contribution in [0.25, 0.3) is 10.2 Å². The van der Waals surface area contributed by atoms with Gasteiger partial charge in [-0.25, -0.2) is 4.98 Å². The summed E-state index contributed by atoms with van der Waals surface area (Å²) in [5, 5.41) is 0.967. The van der Waals surface area contributed by atoms with E-state index in [0.717, 1.165) is 23.5 Å². The van der Waals surface area contributed by atoms with Crippen LogP contribution in [0.5, 0.6) is 0 Å². The average Bonchev–Trinajstić information content (AvgIpc) is 3.07. The van der Waals surface area contributed by atoms with Gasteiger partial charge in [-0.3, -0.25) is 4.79 Å². The van der Waals surface area contributed by atoms with Crippen molar-refractivity contribution in [2.45, 2.75) is 44.2 Å². The molecule has 2 aromatic rings. The number of hydrogen-bond donors (Lipinski definition) is 1. The Hall–Kier alpha value is -1.62. The van der Waals surface area contributed by atoms with E-state index >= 15 is 0 Å². The van der Waals surface area contributed by atoms with Gasteiger partial charge in [-0.2, -0.15) is 0 Å². The van der Waals surface area contributed by atoms with Crippen LogP contribution >= 0.6 is 11.3 Å². The van der Waals surface area contributed by atoms with Gasteiger partial charge < -0.3 is 10.6 Å². The van der Waals surface area contributed by atoms with Crippen molar-refractivity contribution in [2.24, 2.45) is 11.7 Å². The number of carbonyl (C=O) groups excluding carboxylic acids is 1. The van der Waals surface area contributed by atoms with Gasteiger partial charge in [0.1, 0.15) is 6.04 Å². The van der Waals surface area contributed by atoms with E-state index in [-0.39, 0.29) is 11.9 Å². The van der Waals surface area contributed by atoms with Gasteiger partial charge in [0.2, 0.25) is 5.91 Å². The van der Waals surface area contributed by atoms with Crippen molar-refractivity contribution in [1.82, 2.24) is 4.98 Å². The molecule has 0 unspecified atom stereocenters. The predicted octanol–water partition coefficient (Wildman–Crippen LogP) is 2.92. The van der Waals surface area contributed by atoms with E-state index in [0.29, 0.717) is 12.0 Å². The molecule has 2 fully saturated rings. The standard InChI is InChI=1S/C16H19N3OS/c17-15(20)13-9-10-5-1-3-7-12(10)19(13)16-18-11-6-2-4-8-14(11)21-16/h2,4,6,8,10,12-13H,1,3,5,7,9H2,(H2,17,20)/t10-,12+,13-/m0/s1. The lowest BCUT2D eigenvalue weighted by atomic mass is 9.85. The van der Waals surface area contributed by atoms with Crippen LogP contribution in [0, 0.1) is 5.92 Å². The number of nitrogens with two attached hydrogens (primary N) is 1. The number of para-hydroxylation sites is 1. The summed E-state index contributed by atoms with van der Waals surface area (Å²) >= 11 is 1.68. The minimum Gasteiger partial charge on any atom is -0.368 e. The van der Waals surface area contributed by atoms with Gasteiger partial charge in [-0.1, -0.05) is 36.3 Å². The van der Waals surface area contributed by atoms with Crippen molar-refractivity contribution < 1.29 is 4.79 Å². The average molecular weight is 301 g/mol. The summed E-state index contributed by atoms with van der Waals surface area (Å²) in [5.41, 5.74) is 6.68. The van der Waals surface area contributed by atoms with E-state index < -0.39 is 0 Å². The fourth-order valence-electron chi connectivity index (χ4n) is 3.96. The minimum atomic E-state index is -0.205. The molecule has 1 saturated heterocycles. The quantitative estimate of drug-likeness (QED) is 0.928. The molecule has 2 N–H and O–H groups in total. The summed E-state index contributed by atoms with van der Waals surface area (Å²) in [6.45, 7) is 0. The number of primary amides is 1. The molecule has 1 aliphatic carbocycles. The van der Waals surface area contributed by atoms with Crippen LogP contribution in [0.2, 0.25) is 0 Å². The molecule has 3 atom stereocenters. The SMILES string of the molecule is NC(=O)[C@@H]1C[C@@H]2CCCC[C@H]2N1c1nc2ccccc2s1. The van der Waals surface area contributed by atoms with Crippen molar-refractivity contribution in [3.05, 3.63) is 24.3 Å². The van der Waals surface area contributed by atoms with E-state index in [9.17, 15) is 4.79 Å². The molecule has 4 nitrogen and oxygen atoms in total. The molecular formula is C16H19N3OS. The van der Waals surface area contributed by atoms with Gasteiger partial charge in [-0.15, -0.1) is 0 Å². The van der Waals surface area contributed by atoms with Crippen molar-refractivity contribution >= 4 is 32.6 Å². The van der Waals surface area contributed by atoms with Crippen LogP contribution in [-0.2, 0) is 4.79 Å². The highest BCUT2D eigenvalue weighted by molar-refractivity contribution is 7.22. The molecule has 1 aliphatic heterocycles. The maximum Gasteiger partial charge on any atom is 0.240 e. The van der Waals surface area contributed by atoms with Crippen molar-refractivity contribution in [3.63, 3.8) is 0 Å². The Morgan fingerprint density at radius 3 is 2.90 bits per heavy atom. The summed E-state index contributed by atoms with van der Waals surface area (Å²) in [6.07, 6.45) is 5.80. The third-order valence-electron chi connectivity index (χ3n) is 4.92. The highest BCUT2D eigenvalue weighted by Crippen LogP contribution is 2.44. The first kappa shape index (κ1) is 13.1. The second-order valence-corrected chi connectivity index (χ2v) is 7.15. The molecule has 0 spiro atoms. The maximum atomic E-state index is 11.9. The van der Waals surface area contributed by atoms with Crippen molar-refractivity contribution in [1.29, 1.82) is 0 Å². The molecule has 2 heterocycles. The molecule has 1 saturated carbocycles. The van der Waals surface area contributed by atoms with Gasteiger partial charge >= 0.3 is 0 Å². The summed E-state index contributed by atoms with van der Waals surface area (Å²) < 4.78 is 1.18. The lowest BCUT2D eigenvalue weighted by molar-refractivity contribution is -0.119. The molecule has 0 bridgehead atoms. The number of anilines is 1. The van der Waals surface area contributed by atoms with Crippen LogP contribution in [0.3, 0.4) is 0 Å². The summed E-state index contributed by atoms with van der Waals surface area (Å²) in [6, 6.07) is 8.41. The molecule has 110 valence electrons. The summed E-state index contributed by atoms with van der Waals surface area (Å²) in [7, 11) is 0. The smallest absolute Gasteiger partial charge is 0.240 e. The van der Waals surface area contributed by atoms with Gasteiger partial charge in [0.15, 0.2) is 5.13 Å². The Bertz CT molecular complexity index is 650. The van der Waals surface area contributed by atoms with Gasteiger partial charge in [0.05, 0.1) is 10.2 Å². The van der Waals surface area contributed by atoms with E-state index in [2.05, 4.69) is 11.0 Å². The van der Waals surface area contributed by atoms with Crippen LogP contribution < -0.4 is 10.6 Å². The van der Waals surface area contributed by atoms with Crippen LogP contribution in [0.1, 0.15) is 32.1 Å². The zero-order valence-electron chi connectivity index (χ0n) is 11.9. The lowest BCUT2D eigenvalue weighted by Gasteiger charge is -2.32. The molecule has 1 aromatic carbocycles. The summed E-state index contributed by atoms with van der Waals surface area (Å²) in [4.78, 5) is 18.9. The van der Waals surface area contributed by atoms with Crippen molar-refractivity contribution in [2.75, 3.05) is 4.90 Å². The molecule has 4 rings (SSSR count). The maximum absolute atomic E-state index is 11.9. The van der Waals surface area contributed by atoms with E-state index in [1.807, 2.05) is 18.2 Å². The number of nitrogens with zero attached hydrogens (tertiary/aromatic N) is 2. The first-order valence-electron chi connectivity index (χ1n) is 7.67. The Labute approximate surface area is 128 Å². The van der Waals surface area contributed by atoms with E-state index in [1.54, 1.807) is 11.3 Å². The third kappa shape index (κ3) is 2.11. The number of benzene rings is 1. The molecular weight excluding hydrogens is 282 g/mol. The van der Waals surface area contributed by atoms with E-state index in [1.165, 1.54) is 24.0 Å². The lowest BCUT2D eigenvalue weighted by Crippen LogP contribution is -2.45. The minimum absolute atomic E-state index is 0.182. The Balaban J connectivity index is 1.77. The molecule has 2 aliphatic rings. The number of rotatable bonds is 2. The number of aromatic nitrogens is 1. The molecule has 1 aromatic heterocycles. The molecule has 5 heteroatoms. The van der Waals surface area contributed by atoms with Crippen molar-refractivity contribution in [3.8, 4) is 0 Å². The number of fused-ring (bicyclic) bond motifs is 2. The molecule has 0 radical (unpaired) electrons. The first-order valence-corrected chi connectivity index (χ1v) is 8.49. The largest absolute Gasteiger partial charge is 0.368 e. The Morgan fingerprint density at radius 2 is 2.10 bits per heavy atom. The number of carbonyl (C=O) groups is 1. The number of thiazole rings is 1. The van der Waals surface area contributed by atoms with Crippen LogP contribution in [0.15, 0.2) is 24.3 Å². The van der Waals surface area contributed by atoms with Gasteiger partial charge in [0, 0.05) is 6.04 Å². The first-order chi connectivity index (χ1) is 10.2. The summed E-state index contributed by atoms with van der Waals surface area (Å²) in [5.74, 6) is 0.395. The fraction of sp³-hybridized carbons (Fsp3) is 0.500. The zero-order valence-corrected chi connectivity index (χ0v) is 12.7. The van der Waals surface area contributed by atoms with Gasteiger partial charge in [-0.05, 0) is 37.3 Å². The Morgan fingerprint density at radius 1 is 1.29 bits per heavy atom. The van der Waals surface area contributed by atoms with Crippen LogP contribution in [0.4, 0.5) is 5.13 Å². The molecule has 1 amide bonds. The number of amides is 1. The monoisotopic (exact) mass is 301 g/mol. The van der Waals surface area contributed by atoms with Gasteiger partial charge in [0.25, 0.3) is 0 Å². The van der Waals surface area contributed by atoms with Crippen LogP contribution in [-0.4, -0.2) is 23.0 Å². The predicted molar refractivity (Wildman–Crippen MR) is 85.4 cm³/mol. The normalized spacial score (nSPS) is 28.8. The fourth-order valence-corrected chi connectivity index (χ4v) is 5.03. The second-order valence-electron chi connectivity index (χ2n) is 6.14. The second kappa shape index (κ2) is 4.98. The Kier molecular flexibility index (Phi) is 3.10. The number of hydrogen-bond acceptors (Lipinski definition) is 4. The highest BCUT2D eigenvalue weighted by atomic mass is 32.1. The zero-order chi connectivity index (χ0) is 14.4. The topological polar surface area (TPSA) is 59.2 Å².